The van der Waals surface area contributed by atoms with E-state index in [4.69, 9.17) is 23.7 Å². The fourth-order valence-corrected chi connectivity index (χ4v) is 12.2. The van der Waals surface area contributed by atoms with E-state index in [1.165, 1.54) is 13.3 Å². The van der Waals surface area contributed by atoms with Gasteiger partial charge in [0.15, 0.2) is 23.1 Å². The number of aliphatic hydroxyl groups excluding tert-OH is 1. The van der Waals surface area contributed by atoms with E-state index in [0.717, 1.165) is 43.7 Å². The molecule has 1 aromatic heterocycles. The number of halogens is 1. The van der Waals surface area contributed by atoms with E-state index in [-0.39, 0.29) is 77.9 Å². The largest absolute Gasteiger partial charge is 0.492 e. The number of amides is 1. The first kappa shape index (κ1) is 54.7. The zero-order valence-electron chi connectivity index (χ0n) is 43.4. The fourth-order valence-electron chi connectivity index (χ4n) is 12.2. The summed E-state index contributed by atoms with van der Waals surface area (Å²) in [5.41, 5.74) is -1.30. The van der Waals surface area contributed by atoms with Crippen LogP contribution in [0.25, 0.3) is 10.9 Å². The van der Waals surface area contributed by atoms with Crippen LogP contribution in [-0.4, -0.2) is 108 Å². The number of hydrogen-bond acceptors (Lipinski definition) is 14. The molecule has 6 aliphatic rings. The van der Waals surface area contributed by atoms with Crippen LogP contribution >= 0.6 is 0 Å². The number of hydrogen-bond donors (Lipinski definition) is 1. The zero-order valence-corrected chi connectivity index (χ0v) is 43.4. The van der Waals surface area contributed by atoms with Crippen molar-refractivity contribution >= 4 is 52.2 Å². The highest BCUT2D eigenvalue weighted by Crippen LogP contribution is 2.66. The molecule has 5 fully saturated rings. The maximum atomic E-state index is 16.2. The third-order valence-corrected chi connectivity index (χ3v) is 15.3. The molecule has 8 rings (SSSR count). The smallest absolute Gasteiger partial charge is 0.410 e. The predicted molar refractivity (Wildman–Crippen MR) is 263 cm³/mol. The summed E-state index contributed by atoms with van der Waals surface area (Å²) in [6.45, 7) is 18.8. The Morgan fingerprint density at radius 2 is 1.59 bits per heavy atom. The number of nitrogens with zero attached hydrogens (tertiary/aromatic N) is 3. The second kappa shape index (κ2) is 22.0. The molecule has 17 heteroatoms. The van der Waals surface area contributed by atoms with Gasteiger partial charge in [-0.25, -0.2) is 14.0 Å². The van der Waals surface area contributed by atoms with Gasteiger partial charge in [0.2, 0.25) is 12.2 Å². The van der Waals surface area contributed by atoms with Gasteiger partial charge in [-0.1, -0.05) is 53.2 Å². The Morgan fingerprint density at radius 1 is 0.915 bits per heavy atom. The van der Waals surface area contributed by atoms with Gasteiger partial charge in [0.1, 0.15) is 23.5 Å². The van der Waals surface area contributed by atoms with Crippen LogP contribution in [0.2, 0.25) is 0 Å². The summed E-state index contributed by atoms with van der Waals surface area (Å²) in [5, 5.41) is 11.5. The van der Waals surface area contributed by atoms with Crippen LogP contribution in [0.4, 0.5) is 14.9 Å². The first-order valence-electron chi connectivity index (χ1n) is 25.5. The average Bonchev–Trinajstić information content (AvgIpc) is 4.11. The molecule has 1 saturated heterocycles. The van der Waals surface area contributed by atoms with Crippen molar-refractivity contribution in [1.82, 2.24) is 9.47 Å². The minimum absolute atomic E-state index is 0.0294. The van der Waals surface area contributed by atoms with Gasteiger partial charge in [0.05, 0.1) is 37.0 Å². The lowest BCUT2D eigenvalue weighted by atomic mass is 9.46. The number of piperazine rings is 1. The molecular formula is C54H74FN3O13. The zero-order chi connectivity index (χ0) is 52.3. The summed E-state index contributed by atoms with van der Waals surface area (Å²) in [6.07, 6.45) is 9.54. The summed E-state index contributed by atoms with van der Waals surface area (Å²) < 4.78 is 44.8. The maximum Gasteiger partial charge on any atom is 0.410 e. The SMILES string of the molecule is CC.CC.COc1c(N2CCN(C(=O)OC(C)(C)C)C(C)C2)c(F)cc2c(=O)c(C(=O)OCOC(=O)CCC(=O)OCC(=O)C3CCC4C5CCC6=CC(=O)C=CC6(C)C5C(O)CC34C)cn(C3CC3)c12. The number of ketones is 2. The number of allylic oxidation sites excluding steroid dienone is 4. The predicted octanol–water partition coefficient (Wildman–Crippen LogP) is 8.43. The minimum atomic E-state index is -1.10. The van der Waals surface area contributed by atoms with Gasteiger partial charge >= 0.3 is 24.0 Å². The van der Waals surface area contributed by atoms with Gasteiger partial charge in [0.25, 0.3) is 0 Å². The van der Waals surface area contributed by atoms with Crippen LogP contribution in [0.15, 0.2) is 40.9 Å². The number of aromatic nitrogens is 1. The monoisotopic (exact) mass is 992 g/mol. The molecule has 1 aliphatic heterocycles. The van der Waals surface area contributed by atoms with E-state index in [9.17, 15) is 38.7 Å². The molecule has 5 aliphatic carbocycles. The number of esters is 3. The number of pyridine rings is 1. The van der Waals surface area contributed by atoms with Crippen LogP contribution in [0, 0.1) is 40.3 Å². The van der Waals surface area contributed by atoms with Crippen molar-refractivity contribution in [2.24, 2.45) is 34.5 Å². The lowest BCUT2D eigenvalue weighted by Gasteiger charge is -2.58. The molecule has 1 N–H and O–H groups in total. The number of carbonyl (C=O) groups excluding carboxylic acids is 6. The van der Waals surface area contributed by atoms with Crippen LogP contribution < -0.4 is 15.1 Å². The van der Waals surface area contributed by atoms with Crippen LogP contribution in [0.1, 0.15) is 143 Å². The molecule has 8 atom stereocenters. The number of aliphatic hydroxyl groups is 1. The van der Waals surface area contributed by atoms with Crippen molar-refractivity contribution < 1.29 is 61.9 Å². The number of methoxy groups -OCH3 is 1. The summed E-state index contributed by atoms with van der Waals surface area (Å²) in [5.74, 6) is -3.79. The van der Waals surface area contributed by atoms with Crippen LogP contribution in [-0.2, 0) is 38.1 Å². The summed E-state index contributed by atoms with van der Waals surface area (Å²) in [6, 6.07) is 0.621. The van der Waals surface area contributed by atoms with Gasteiger partial charge in [-0.05, 0) is 108 Å². The fraction of sp³-hybridized carbons (Fsp3) is 0.648. The summed E-state index contributed by atoms with van der Waals surface area (Å²) >= 11 is 0. The summed E-state index contributed by atoms with van der Waals surface area (Å²) in [4.78, 5) is 94.4. The Balaban J connectivity index is 0.00000201. The number of Topliss-reactive ketones (excluding diaryl/α,β-unsaturated/α-hetero) is 1. The number of ether oxygens (including phenoxy) is 5. The maximum absolute atomic E-state index is 16.2. The molecule has 0 radical (unpaired) electrons. The second-order valence-corrected chi connectivity index (χ2v) is 20.7. The first-order valence-corrected chi connectivity index (χ1v) is 25.5. The molecule has 1 aromatic carbocycles. The van der Waals surface area contributed by atoms with Gasteiger partial charge in [-0.15, -0.1) is 0 Å². The topological polar surface area (TPSA) is 197 Å². The minimum Gasteiger partial charge on any atom is -0.492 e. The molecule has 8 unspecified atom stereocenters. The number of rotatable bonds is 12. The Bertz CT molecular complexity index is 2510. The second-order valence-electron chi connectivity index (χ2n) is 20.7. The molecular weight excluding hydrogens is 918 g/mol. The molecule has 4 saturated carbocycles. The molecule has 2 aromatic rings. The third-order valence-electron chi connectivity index (χ3n) is 15.3. The first-order chi connectivity index (χ1) is 33.6. The van der Waals surface area contributed by atoms with E-state index in [0.29, 0.717) is 18.4 Å². The Kier molecular flexibility index (Phi) is 17.0. The van der Waals surface area contributed by atoms with Gasteiger partial charge in [-0.2, -0.15) is 0 Å². The highest BCUT2D eigenvalue weighted by Gasteiger charge is 2.62. The number of anilines is 1. The molecule has 0 bridgehead atoms. The number of fused-ring (bicyclic) bond motifs is 6. The standard InChI is InChI=1S/C50H62FN3O13.2C2H6/c1-27-23-52(18-19-53(27)47(62)67-48(2,3)4)43-36(51)21-32-42(45(43)63-7)54(29-9-10-29)24-33(44(32)60)46(61)66-26-65-40(59)15-14-39(58)64-25-38(57)35-13-12-34-31-11-8-28-20-30(55)16-17-49(28,5)41(31)37(56)22-50(34,35)6;2*1-2/h16-17,20-21,24,27,29,31,34-35,37,41,56H,8-15,18-19,22-23,25-26H2,1-7H3;2*1-2H3. The van der Waals surface area contributed by atoms with Gasteiger partial charge < -0.3 is 43.2 Å². The molecule has 390 valence electrons. The van der Waals surface area contributed by atoms with Crippen molar-refractivity contribution in [3.8, 4) is 5.75 Å². The Hall–Kier alpha value is -5.58. The van der Waals surface area contributed by atoms with Crippen molar-refractivity contribution in [3.05, 3.63) is 57.7 Å². The molecule has 16 nitrogen and oxygen atoms in total. The number of benzene rings is 1. The molecule has 1 amide bonds. The van der Waals surface area contributed by atoms with Gasteiger partial charge in [-0.3, -0.25) is 24.0 Å². The van der Waals surface area contributed by atoms with Crippen molar-refractivity contribution in [2.45, 2.75) is 151 Å². The van der Waals surface area contributed by atoms with E-state index < -0.39 is 95.5 Å². The third kappa shape index (κ3) is 11.1. The average molecular weight is 992 g/mol. The Labute approximate surface area is 416 Å². The van der Waals surface area contributed by atoms with E-state index in [1.54, 1.807) is 47.3 Å². The van der Waals surface area contributed by atoms with Crippen molar-refractivity contribution in [1.29, 1.82) is 0 Å². The Morgan fingerprint density at radius 3 is 2.23 bits per heavy atom. The molecule has 71 heavy (non-hydrogen) atoms. The van der Waals surface area contributed by atoms with Crippen molar-refractivity contribution in [2.75, 3.05) is 45.0 Å². The normalized spacial score (nSPS) is 27.6. The van der Waals surface area contributed by atoms with E-state index in [1.807, 2.05) is 40.7 Å². The van der Waals surface area contributed by atoms with Crippen molar-refractivity contribution in [3.63, 3.8) is 0 Å². The molecule has 2 heterocycles. The van der Waals surface area contributed by atoms with E-state index >= 15 is 4.39 Å². The highest BCUT2D eigenvalue weighted by atomic mass is 19.1. The van der Waals surface area contributed by atoms with Crippen LogP contribution in [0.5, 0.6) is 5.75 Å². The lowest BCUT2D eigenvalue weighted by Crippen LogP contribution is -2.56. The lowest BCUT2D eigenvalue weighted by molar-refractivity contribution is -0.157. The number of carbonyl (C=O) groups is 6. The van der Waals surface area contributed by atoms with E-state index in [2.05, 4.69) is 13.8 Å². The summed E-state index contributed by atoms with van der Waals surface area (Å²) in [7, 11) is 1.38. The van der Waals surface area contributed by atoms with Crippen LogP contribution in [0.3, 0.4) is 0 Å². The molecule has 0 spiro atoms. The van der Waals surface area contributed by atoms with Gasteiger partial charge in [0, 0.05) is 55.2 Å². The highest BCUT2D eigenvalue weighted by molar-refractivity contribution is 6.01. The quantitative estimate of drug-likeness (QED) is 0.121.